The van der Waals surface area contributed by atoms with Crippen molar-refractivity contribution in [3.8, 4) is 11.3 Å². The van der Waals surface area contributed by atoms with Crippen LogP contribution in [0.4, 0.5) is 5.13 Å². The maximum atomic E-state index is 13.1. The Balaban J connectivity index is 1.46. The molecule has 1 atom stereocenters. The molecule has 208 valence electrons. The summed E-state index contributed by atoms with van der Waals surface area (Å²) >= 11 is 14.9. The van der Waals surface area contributed by atoms with Crippen LogP contribution in [0.2, 0.25) is 10.0 Å². The molecule has 8 nitrogen and oxygen atoms in total. The molecule has 0 radical (unpaired) electrons. The van der Waals surface area contributed by atoms with Gasteiger partial charge in [-0.25, -0.2) is 4.98 Å². The van der Waals surface area contributed by atoms with Gasteiger partial charge in [0.15, 0.2) is 16.1 Å². The van der Waals surface area contributed by atoms with Crippen molar-refractivity contribution in [1.29, 1.82) is 0 Å². The van der Waals surface area contributed by atoms with E-state index in [1.165, 1.54) is 29.2 Å². The number of nitrogens with zero attached hydrogens (tertiary/aromatic N) is 4. The highest BCUT2D eigenvalue weighted by Gasteiger charge is 2.25. The number of benzene rings is 2. The average molecular weight is 616 g/mol. The molecular formula is C28H28Cl2N6O2S2. The van der Waals surface area contributed by atoms with Gasteiger partial charge >= 0.3 is 0 Å². The highest BCUT2D eigenvalue weighted by molar-refractivity contribution is 7.99. The van der Waals surface area contributed by atoms with E-state index in [4.69, 9.17) is 23.2 Å². The van der Waals surface area contributed by atoms with Crippen molar-refractivity contribution in [2.45, 2.75) is 38.0 Å². The zero-order valence-corrected chi connectivity index (χ0v) is 25.1. The van der Waals surface area contributed by atoms with Crippen LogP contribution in [0, 0.1) is 5.92 Å². The molecule has 4 aromatic rings. The summed E-state index contributed by atoms with van der Waals surface area (Å²) in [5, 5.41) is 18.3. The van der Waals surface area contributed by atoms with E-state index in [0.29, 0.717) is 39.7 Å². The molecule has 0 saturated heterocycles. The fraction of sp³-hybridized carbons (Fsp3) is 0.250. The Morgan fingerprint density at radius 3 is 2.62 bits per heavy atom. The number of hydrogen-bond acceptors (Lipinski definition) is 7. The van der Waals surface area contributed by atoms with Gasteiger partial charge in [-0.2, -0.15) is 0 Å². The van der Waals surface area contributed by atoms with Crippen LogP contribution in [0.25, 0.3) is 11.3 Å². The Morgan fingerprint density at radius 2 is 1.93 bits per heavy atom. The molecule has 2 N–H and O–H groups in total. The first-order valence-corrected chi connectivity index (χ1v) is 15.1. The van der Waals surface area contributed by atoms with Gasteiger partial charge in [0.25, 0.3) is 5.91 Å². The largest absolute Gasteiger partial charge is 0.342 e. The number of thiazole rings is 1. The fourth-order valence-electron chi connectivity index (χ4n) is 3.93. The summed E-state index contributed by atoms with van der Waals surface area (Å²) in [6, 6.07) is 14.1. The average Bonchev–Trinajstić information content (AvgIpc) is 3.54. The molecule has 12 heteroatoms. The monoisotopic (exact) mass is 614 g/mol. The maximum absolute atomic E-state index is 13.1. The van der Waals surface area contributed by atoms with Crippen LogP contribution in [-0.2, 0) is 11.3 Å². The van der Waals surface area contributed by atoms with Gasteiger partial charge in [-0.05, 0) is 30.5 Å². The number of rotatable bonds is 12. The van der Waals surface area contributed by atoms with Gasteiger partial charge in [0.1, 0.15) is 0 Å². The van der Waals surface area contributed by atoms with E-state index in [9.17, 15) is 9.59 Å². The van der Waals surface area contributed by atoms with Gasteiger partial charge in [0, 0.05) is 22.5 Å². The van der Waals surface area contributed by atoms with Crippen LogP contribution < -0.4 is 10.6 Å². The smallest absolute Gasteiger partial charge is 0.253 e. The molecule has 2 aromatic carbocycles. The quantitative estimate of drug-likeness (QED) is 0.130. The number of allylic oxidation sites excluding steroid dienone is 1. The zero-order valence-electron chi connectivity index (χ0n) is 21.9. The molecule has 2 amide bonds. The van der Waals surface area contributed by atoms with Crippen LogP contribution in [0.3, 0.4) is 0 Å². The minimum Gasteiger partial charge on any atom is -0.342 e. The lowest BCUT2D eigenvalue weighted by Gasteiger charge is -2.21. The molecule has 2 aromatic heterocycles. The lowest BCUT2D eigenvalue weighted by molar-refractivity contribution is -0.113. The number of hydrogen-bond donors (Lipinski definition) is 2. The second-order valence-electron chi connectivity index (χ2n) is 9.26. The fourth-order valence-corrected chi connectivity index (χ4v) is 5.92. The number of carbonyl (C=O) groups is 2. The van der Waals surface area contributed by atoms with Crippen molar-refractivity contribution in [1.82, 2.24) is 25.1 Å². The van der Waals surface area contributed by atoms with Crippen molar-refractivity contribution in [3.63, 3.8) is 0 Å². The van der Waals surface area contributed by atoms with Crippen molar-refractivity contribution in [3.05, 3.63) is 88.0 Å². The predicted molar refractivity (Wildman–Crippen MR) is 163 cm³/mol. The first-order chi connectivity index (χ1) is 19.2. The molecule has 0 fully saturated rings. The lowest BCUT2D eigenvalue weighted by atomic mass is 10.0. The molecule has 0 bridgehead atoms. The first-order valence-electron chi connectivity index (χ1n) is 12.5. The Bertz CT molecular complexity index is 1490. The van der Waals surface area contributed by atoms with Crippen LogP contribution in [-0.4, -0.2) is 37.3 Å². The molecule has 0 spiro atoms. The molecule has 4 rings (SSSR count). The molecule has 0 aliphatic carbocycles. The Kier molecular flexibility index (Phi) is 10.4. The molecule has 0 unspecified atom stereocenters. The van der Waals surface area contributed by atoms with Crippen LogP contribution in [0.1, 0.15) is 42.5 Å². The number of aromatic nitrogens is 4. The minimum atomic E-state index is -0.443. The van der Waals surface area contributed by atoms with Crippen molar-refractivity contribution < 1.29 is 9.59 Å². The van der Waals surface area contributed by atoms with Crippen LogP contribution in [0.15, 0.2) is 71.7 Å². The third-order valence-electron chi connectivity index (χ3n) is 5.71. The Hall–Kier alpha value is -3.18. The molecule has 0 aliphatic heterocycles. The van der Waals surface area contributed by atoms with E-state index in [1.54, 1.807) is 18.2 Å². The SMILES string of the molecule is C=CCn1c(SCC(=O)Nc2nc(-c3ccccc3)cs2)nnc1[C@@H](CC(C)C)NC(=O)c1ccc(Cl)cc1Cl. The normalized spacial score (nSPS) is 11.8. The molecule has 0 aliphatic rings. The summed E-state index contributed by atoms with van der Waals surface area (Å²) in [5.41, 5.74) is 2.11. The standard InChI is InChI=1S/C28H28Cl2N6O2S2/c1-4-12-36-25(22(13-17(2)3)31-26(38)20-11-10-19(29)14-21(20)30)34-35-28(36)40-16-24(37)33-27-32-23(15-39-27)18-8-6-5-7-9-18/h4-11,14-15,17,22H,1,12-13,16H2,2-3H3,(H,31,38)(H,32,33,37)/t22-/m1/s1. The zero-order chi connectivity index (χ0) is 28.6. The first kappa shape index (κ1) is 29.8. The van der Waals surface area contributed by atoms with Crippen LogP contribution >= 0.6 is 46.3 Å². The third kappa shape index (κ3) is 7.72. The maximum Gasteiger partial charge on any atom is 0.253 e. The van der Waals surface area contributed by atoms with E-state index in [2.05, 4.69) is 46.2 Å². The summed E-state index contributed by atoms with van der Waals surface area (Å²) in [6.07, 6.45) is 2.34. The van der Waals surface area contributed by atoms with Gasteiger partial charge in [0.05, 0.1) is 28.1 Å². The van der Waals surface area contributed by atoms with Crippen LogP contribution in [0.5, 0.6) is 0 Å². The Morgan fingerprint density at radius 1 is 1.15 bits per heavy atom. The van der Waals surface area contributed by atoms with E-state index < -0.39 is 6.04 Å². The van der Waals surface area contributed by atoms with Crippen molar-refractivity contribution in [2.24, 2.45) is 5.92 Å². The Labute approximate surface area is 251 Å². The van der Waals surface area contributed by atoms with E-state index in [0.717, 1.165) is 11.3 Å². The highest BCUT2D eigenvalue weighted by atomic mass is 35.5. The topological polar surface area (TPSA) is 102 Å². The van der Waals surface area contributed by atoms with Gasteiger partial charge in [-0.1, -0.05) is 85.2 Å². The van der Waals surface area contributed by atoms with E-state index in [-0.39, 0.29) is 28.5 Å². The summed E-state index contributed by atoms with van der Waals surface area (Å²) in [5.74, 6) is 0.380. The lowest BCUT2D eigenvalue weighted by Crippen LogP contribution is -2.32. The summed E-state index contributed by atoms with van der Waals surface area (Å²) in [7, 11) is 0. The second-order valence-corrected chi connectivity index (χ2v) is 11.9. The summed E-state index contributed by atoms with van der Waals surface area (Å²) in [4.78, 5) is 30.4. The highest BCUT2D eigenvalue weighted by Crippen LogP contribution is 2.28. The molecule has 40 heavy (non-hydrogen) atoms. The number of nitrogens with one attached hydrogen (secondary N) is 2. The van der Waals surface area contributed by atoms with Gasteiger partial charge in [0.2, 0.25) is 5.91 Å². The number of thioether (sulfide) groups is 1. The van der Waals surface area contributed by atoms with Crippen molar-refractivity contribution in [2.75, 3.05) is 11.1 Å². The summed E-state index contributed by atoms with van der Waals surface area (Å²) in [6.45, 7) is 8.38. The summed E-state index contributed by atoms with van der Waals surface area (Å²) < 4.78 is 1.86. The molecule has 2 heterocycles. The second kappa shape index (κ2) is 13.9. The van der Waals surface area contributed by atoms with E-state index in [1.807, 2.05) is 40.3 Å². The number of amides is 2. The van der Waals surface area contributed by atoms with Crippen molar-refractivity contribution >= 4 is 63.2 Å². The van der Waals surface area contributed by atoms with Gasteiger partial charge in [-0.15, -0.1) is 28.1 Å². The molecule has 0 saturated carbocycles. The number of anilines is 1. The minimum absolute atomic E-state index is 0.108. The van der Waals surface area contributed by atoms with Gasteiger partial charge < -0.3 is 15.2 Å². The molecular weight excluding hydrogens is 587 g/mol. The number of halogens is 2. The third-order valence-corrected chi connectivity index (χ3v) is 7.98. The van der Waals surface area contributed by atoms with Gasteiger partial charge in [-0.3, -0.25) is 9.59 Å². The van der Waals surface area contributed by atoms with E-state index >= 15 is 0 Å². The number of carbonyl (C=O) groups excluding carboxylic acids is 2. The predicted octanol–water partition coefficient (Wildman–Crippen LogP) is 7.14.